The van der Waals surface area contributed by atoms with Crippen LogP contribution in [-0.4, -0.2) is 38.3 Å². The minimum absolute atomic E-state index is 0.0409. The number of carbonyl (C=O) groups excluding carboxylic acids is 1. The van der Waals surface area contributed by atoms with E-state index in [0.717, 1.165) is 38.2 Å². The summed E-state index contributed by atoms with van der Waals surface area (Å²) in [5.74, 6) is 0.490. The highest BCUT2D eigenvalue weighted by molar-refractivity contribution is 5.97. The Labute approximate surface area is 124 Å². The van der Waals surface area contributed by atoms with Crippen LogP contribution < -0.4 is 20.7 Å². The summed E-state index contributed by atoms with van der Waals surface area (Å²) in [6.07, 6.45) is 2.46. The van der Waals surface area contributed by atoms with E-state index in [0.29, 0.717) is 17.1 Å². The third-order valence-corrected chi connectivity index (χ3v) is 3.93. The molecule has 1 aromatic carbocycles. The SMILES string of the molecule is CCN(CC1CCCO1)c1cc2c(cc1N)OCC(=O)N2. The van der Waals surface area contributed by atoms with Gasteiger partial charge in [0.1, 0.15) is 5.75 Å². The van der Waals surface area contributed by atoms with Crippen molar-refractivity contribution in [2.24, 2.45) is 0 Å². The van der Waals surface area contributed by atoms with Crippen molar-refractivity contribution >= 4 is 23.0 Å². The molecule has 6 heteroatoms. The summed E-state index contributed by atoms with van der Waals surface area (Å²) in [6.45, 7) is 4.61. The molecule has 0 spiro atoms. The van der Waals surface area contributed by atoms with Crippen LogP contribution in [0.5, 0.6) is 5.75 Å². The van der Waals surface area contributed by atoms with Gasteiger partial charge in [0.15, 0.2) is 6.61 Å². The van der Waals surface area contributed by atoms with E-state index in [2.05, 4.69) is 17.1 Å². The lowest BCUT2D eigenvalue weighted by atomic mass is 10.1. The number of hydrogen-bond donors (Lipinski definition) is 2. The molecule has 21 heavy (non-hydrogen) atoms. The highest BCUT2D eigenvalue weighted by Gasteiger charge is 2.23. The molecule has 1 fully saturated rings. The molecule has 6 nitrogen and oxygen atoms in total. The lowest BCUT2D eigenvalue weighted by molar-refractivity contribution is -0.118. The Morgan fingerprint density at radius 3 is 3.05 bits per heavy atom. The smallest absolute Gasteiger partial charge is 0.262 e. The first kappa shape index (κ1) is 14.0. The Bertz CT molecular complexity index is 541. The van der Waals surface area contributed by atoms with Crippen LogP contribution >= 0.6 is 0 Å². The summed E-state index contributed by atoms with van der Waals surface area (Å²) >= 11 is 0. The van der Waals surface area contributed by atoms with Crippen molar-refractivity contribution in [1.82, 2.24) is 0 Å². The number of likely N-dealkylation sites (N-methyl/N-ethyl adjacent to an activating group) is 1. The highest BCUT2D eigenvalue weighted by atomic mass is 16.5. The molecule has 0 aromatic heterocycles. The predicted molar refractivity (Wildman–Crippen MR) is 81.8 cm³/mol. The van der Waals surface area contributed by atoms with Gasteiger partial charge in [-0.3, -0.25) is 4.79 Å². The lowest BCUT2D eigenvalue weighted by Crippen LogP contribution is -2.33. The molecule has 0 aliphatic carbocycles. The number of amides is 1. The molecule has 0 radical (unpaired) electrons. The minimum atomic E-state index is -0.139. The monoisotopic (exact) mass is 291 g/mol. The topological polar surface area (TPSA) is 76.8 Å². The molecule has 1 amide bonds. The quantitative estimate of drug-likeness (QED) is 0.824. The molecule has 0 saturated carbocycles. The van der Waals surface area contributed by atoms with Gasteiger partial charge in [-0.2, -0.15) is 0 Å². The number of carbonyl (C=O) groups is 1. The number of nitrogen functional groups attached to an aromatic ring is 1. The molecule has 1 saturated heterocycles. The van der Waals surface area contributed by atoms with Crippen LogP contribution in [0, 0.1) is 0 Å². The number of nitrogens with zero attached hydrogens (tertiary/aromatic N) is 1. The van der Waals surface area contributed by atoms with E-state index in [1.165, 1.54) is 0 Å². The fraction of sp³-hybridized carbons (Fsp3) is 0.533. The average Bonchev–Trinajstić information content (AvgIpc) is 2.98. The van der Waals surface area contributed by atoms with E-state index >= 15 is 0 Å². The van der Waals surface area contributed by atoms with Gasteiger partial charge in [-0.05, 0) is 25.8 Å². The second kappa shape index (κ2) is 5.81. The molecular formula is C15H21N3O3. The van der Waals surface area contributed by atoms with Crippen molar-refractivity contribution in [1.29, 1.82) is 0 Å². The predicted octanol–water partition coefficient (Wildman–Crippen LogP) is 1.60. The first-order chi connectivity index (χ1) is 10.2. The fourth-order valence-corrected chi connectivity index (χ4v) is 2.84. The van der Waals surface area contributed by atoms with E-state index in [9.17, 15) is 4.79 Å². The van der Waals surface area contributed by atoms with Crippen molar-refractivity contribution in [2.75, 3.05) is 42.3 Å². The maximum atomic E-state index is 11.4. The number of fused-ring (bicyclic) bond motifs is 1. The van der Waals surface area contributed by atoms with Gasteiger partial charge in [-0.25, -0.2) is 0 Å². The molecule has 3 rings (SSSR count). The van der Waals surface area contributed by atoms with E-state index < -0.39 is 0 Å². The zero-order valence-corrected chi connectivity index (χ0v) is 12.2. The molecule has 2 aliphatic heterocycles. The summed E-state index contributed by atoms with van der Waals surface area (Å²) < 4.78 is 11.1. The Kier molecular flexibility index (Phi) is 3.88. The van der Waals surface area contributed by atoms with Crippen molar-refractivity contribution < 1.29 is 14.3 Å². The number of nitrogens with one attached hydrogen (secondary N) is 1. The van der Waals surface area contributed by atoms with Crippen LogP contribution in [0.25, 0.3) is 0 Å². The first-order valence-corrected chi connectivity index (χ1v) is 7.40. The Morgan fingerprint density at radius 2 is 2.33 bits per heavy atom. The second-order valence-electron chi connectivity index (χ2n) is 5.42. The zero-order chi connectivity index (χ0) is 14.8. The fourth-order valence-electron chi connectivity index (χ4n) is 2.84. The van der Waals surface area contributed by atoms with Gasteiger partial charge in [-0.1, -0.05) is 0 Å². The zero-order valence-electron chi connectivity index (χ0n) is 12.2. The Balaban J connectivity index is 1.85. The van der Waals surface area contributed by atoms with Crippen molar-refractivity contribution in [3.63, 3.8) is 0 Å². The van der Waals surface area contributed by atoms with Crippen molar-refractivity contribution in [3.05, 3.63) is 12.1 Å². The Hall–Kier alpha value is -1.95. The lowest BCUT2D eigenvalue weighted by Gasteiger charge is -2.29. The average molecular weight is 291 g/mol. The highest BCUT2D eigenvalue weighted by Crippen LogP contribution is 2.37. The van der Waals surface area contributed by atoms with Crippen LogP contribution in [0.3, 0.4) is 0 Å². The second-order valence-corrected chi connectivity index (χ2v) is 5.42. The first-order valence-electron chi connectivity index (χ1n) is 7.40. The molecule has 3 N–H and O–H groups in total. The third-order valence-electron chi connectivity index (χ3n) is 3.93. The number of ether oxygens (including phenoxy) is 2. The standard InChI is InChI=1S/C15H21N3O3/c1-2-18(8-10-4-3-5-20-10)13-7-12-14(6-11(13)16)21-9-15(19)17-12/h6-7,10H,2-5,8-9,16H2,1H3,(H,17,19). The number of anilines is 3. The third kappa shape index (κ3) is 2.90. The molecule has 1 unspecified atom stereocenters. The maximum absolute atomic E-state index is 11.4. The van der Waals surface area contributed by atoms with E-state index in [1.54, 1.807) is 6.07 Å². The van der Waals surface area contributed by atoms with Gasteiger partial charge < -0.3 is 25.4 Å². The van der Waals surface area contributed by atoms with Crippen LogP contribution in [0.15, 0.2) is 12.1 Å². The van der Waals surface area contributed by atoms with Gasteiger partial charge in [0, 0.05) is 25.8 Å². The van der Waals surface area contributed by atoms with E-state index in [1.807, 2.05) is 6.07 Å². The summed E-state index contributed by atoms with van der Waals surface area (Å²) in [5, 5.41) is 2.82. The molecule has 0 bridgehead atoms. The number of benzene rings is 1. The molecule has 1 aromatic rings. The number of hydrogen-bond acceptors (Lipinski definition) is 5. The van der Waals surface area contributed by atoms with Crippen LogP contribution in [0.2, 0.25) is 0 Å². The summed E-state index contributed by atoms with van der Waals surface area (Å²) in [6, 6.07) is 3.67. The normalized spacial score (nSPS) is 20.6. The summed E-state index contributed by atoms with van der Waals surface area (Å²) in [7, 11) is 0. The van der Waals surface area contributed by atoms with Gasteiger partial charge in [0.2, 0.25) is 0 Å². The Morgan fingerprint density at radius 1 is 1.48 bits per heavy atom. The van der Waals surface area contributed by atoms with Gasteiger partial charge >= 0.3 is 0 Å². The maximum Gasteiger partial charge on any atom is 0.262 e. The summed E-state index contributed by atoms with van der Waals surface area (Å²) in [5.41, 5.74) is 8.41. The van der Waals surface area contributed by atoms with Gasteiger partial charge in [-0.15, -0.1) is 0 Å². The van der Waals surface area contributed by atoms with Crippen LogP contribution in [0.4, 0.5) is 17.1 Å². The molecule has 114 valence electrons. The van der Waals surface area contributed by atoms with E-state index in [-0.39, 0.29) is 18.6 Å². The molecule has 2 aliphatic rings. The minimum Gasteiger partial charge on any atom is -0.482 e. The number of nitrogens with two attached hydrogens (primary N) is 1. The van der Waals surface area contributed by atoms with Crippen molar-refractivity contribution in [2.45, 2.75) is 25.9 Å². The van der Waals surface area contributed by atoms with Crippen LogP contribution in [0.1, 0.15) is 19.8 Å². The number of rotatable bonds is 4. The molecule has 1 atom stereocenters. The molecular weight excluding hydrogens is 270 g/mol. The summed E-state index contributed by atoms with van der Waals surface area (Å²) in [4.78, 5) is 13.6. The largest absolute Gasteiger partial charge is 0.482 e. The van der Waals surface area contributed by atoms with Gasteiger partial charge in [0.05, 0.1) is 23.2 Å². The van der Waals surface area contributed by atoms with E-state index in [4.69, 9.17) is 15.2 Å². The molecule has 2 heterocycles. The van der Waals surface area contributed by atoms with Crippen LogP contribution in [-0.2, 0) is 9.53 Å². The van der Waals surface area contributed by atoms with Crippen molar-refractivity contribution in [3.8, 4) is 5.75 Å². The van der Waals surface area contributed by atoms with Gasteiger partial charge in [0.25, 0.3) is 5.91 Å².